The van der Waals surface area contributed by atoms with Crippen molar-refractivity contribution in [3.8, 4) is 5.75 Å². The molecule has 0 aliphatic carbocycles. The quantitative estimate of drug-likeness (QED) is 0.0612. The molecule has 0 radical (unpaired) electrons. The first kappa shape index (κ1) is 47.9. The summed E-state index contributed by atoms with van der Waals surface area (Å²) in [7, 11) is -1.79. The number of pyridine rings is 1. The van der Waals surface area contributed by atoms with E-state index in [1.54, 1.807) is 20.2 Å². The van der Waals surface area contributed by atoms with E-state index >= 15 is 4.79 Å². The number of anilines is 1. The summed E-state index contributed by atoms with van der Waals surface area (Å²) >= 11 is 5.68. The lowest BCUT2D eigenvalue weighted by Gasteiger charge is -2.52. The predicted octanol–water partition coefficient (Wildman–Crippen LogP) is 9.88. The average Bonchev–Trinajstić information content (AvgIpc) is 3.28. The van der Waals surface area contributed by atoms with Gasteiger partial charge in [-0.25, -0.2) is 0 Å². The molecule has 8 nitrogen and oxygen atoms in total. The van der Waals surface area contributed by atoms with E-state index in [2.05, 4.69) is 53.5 Å². The zero-order valence-corrected chi connectivity index (χ0v) is 39.0. The fourth-order valence-corrected chi connectivity index (χ4v) is 14.9. The first-order valence-corrected chi connectivity index (χ1v) is 24.2. The van der Waals surface area contributed by atoms with Crippen LogP contribution in [0, 0.1) is 11.8 Å². The molecule has 5 aromatic rings. The number of alkyl halides is 6. The minimum Gasteiger partial charge on any atom is -0.497 e. The maximum absolute atomic E-state index is 15.5. The number of nitrogens with zero attached hydrogens (tertiary/aromatic N) is 2. The number of halogens is 6. The molecule has 2 bridgehead atoms. The van der Waals surface area contributed by atoms with E-state index in [0.29, 0.717) is 35.2 Å². The van der Waals surface area contributed by atoms with E-state index in [1.165, 1.54) is 0 Å². The topological polar surface area (TPSA) is 87.8 Å². The van der Waals surface area contributed by atoms with Crippen LogP contribution >= 0.6 is 12.2 Å². The van der Waals surface area contributed by atoms with Gasteiger partial charge in [0.1, 0.15) is 11.8 Å². The number of piperidine rings is 3. The molecular formula is C49H55F6N5O3SSi. The summed E-state index contributed by atoms with van der Waals surface area (Å²) in [5.74, 6) is 1.03. The predicted molar refractivity (Wildman–Crippen MR) is 249 cm³/mol. The average molecular weight is 936 g/mol. The van der Waals surface area contributed by atoms with Crippen LogP contribution in [0.1, 0.15) is 76.6 Å². The van der Waals surface area contributed by atoms with E-state index < -0.39 is 66.6 Å². The van der Waals surface area contributed by atoms with Crippen molar-refractivity contribution in [1.82, 2.24) is 20.5 Å². The maximum Gasteiger partial charge on any atom is 0.416 e. The summed E-state index contributed by atoms with van der Waals surface area (Å²) in [6.45, 7) is 11.9. The second kappa shape index (κ2) is 19.1. The summed E-state index contributed by atoms with van der Waals surface area (Å²) < 4.78 is 96.8. The van der Waals surface area contributed by atoms with Gasteiger partial charge in [-0.1, -0.05) is 94.8 Å². The molecule has 4 aromatic carbocycles. The number of fused-ring (bicyclic) bond motifs is 4. The van der Waals surface area contributed by atoms with Crippen molar-refractivity contribution in [3.63, 3.8) is 0 Å². The van der Waals surface area contributed by atoms with Gasteiger partial charge < -0.3 is 25.1 Å². The second-order valence-electron chi connectivity index (χ2n) is 18.1. The number of rotatable bonds is 13. The second-order valence-corrected chi connectivity index (χ2v) is 22.8. The number of aromatic nitrogens is 1. The first-order valence-electron chi connectivity index (χ1n) is 21.9. The Kier molecular flexibility index (Phi) is 14.0. The monoisotopic (exact) mass is 935 g/mol. The minimum absolute atomic E-state index is 0.0485. The molecule has 8 rings (SSSR count). The van der Waals surface area contributed by atoms with Gasteiger partial charge in [-0.2, -0.15) is 26.3 Å². The number of carbonyl (C=O) groups excluding carboxylic acids is 1. The fraction of sp³-hybridized carbons (Fsp3) is 0.408. The van der Waals surface area contributed by atoms with E-state index in [4.69, 9.17) is 21.4 Å². The van der Waals surface area contributed by atoms with Gasteiger partial charge in [-0.15, -0.1) is 0 Å². The molecule has 3 aliphatic heterocycles. The van der Waals surface area contributed by atoms with E-state index in [0.717, 1.165) is 53.7 Å². The van der Waals surface area contributed by atoms with Crippen LogP contribution in [-0.2, 0) is 21.6 Å². The van der Waals surface area contributed by atoms with E-state index in [1.807, 2.05) is 84.9 Å². The van der Waals surface area contributed by atoms with Crippen LogP contribution in [0.4, 0.5) is 32.0 Å². The molecular weight excluding hydrogens is 881 g/mol. The molecule has 2 unspecified atom stereocenters. The molecule has 3 N–H and O–H groups in total. The summed E-state index contributed by atoms with van der Waals surface area (Å²) in [5, 5.41) is 10.7. The normalized spacial score (nSPS) is 20.4. The molecule has 4 heterocycles. The Morgan fingerprint density at radius 2 is 1.49 bits per heavy atom. The Hall–Kier alpha value is -5.03. The summed E-state index contributed by atoms with van der Waals surface area (Å²) in [6.07, 6.45) is -6.56. The van der Waals surface area contributed by atoms with E-state index in [9.17, 15) is 26.3 Å². The van der Waals surface area contributed by atoms with Crippen molar-refractivity contribution in [1.29, 1.82) is 0 Å². The minimum atomic E-state index is -5.09. The summed E-state index contributed by atoms with van der Waals surface area (Å²) in [4.78, 5) is 22.5. The number of ether oxygens (including phenoxy) is 1. The van der Waals surface area contributed by atoms with Gasteiger partial charge >= 0.3 is 12.4 Å². The highest BCUT2D eigenvalue weighted by atomic mass is 32.1. The Morgan fingerprint density at radius 1 is 0.877 bits per heavy atom. The summed E-state index contributed by atoms with van der Waals surface area (Å²) in [5.41, 5.74) is -2.07. The Bertz CT molecular complexity index is 2400. The summed E-state index contributed by atoms with van der Waals surface area (Å²) in [6, 6.07) is 26.2. The van der Waals surface area contributed by atoms with Crippen LogP contribution in [0.2, 0.25) is 5.04 Å². The smallest absolute Gasteiger partial charge is 0.416 e. The van der Waals surface area contributed by atoms with Gasteiger partial charge in [0, 0.05) is 29.9 Å². The molecule has 1 amide bonds. The molecule has 0 saturated carbocycles. The van der Waals surface area contributed by atoms with Crippen LogP contribution in [-0.4, -0.2) is 67.6 Å². The number of hydrogen-bond donors (Lipinski definition) is 3. The SMILES string of the molecule is CC[C@H]1CN2CC[C@H]1C[C@H]2[C@@H](NC(=O)[C@@H](NC(=S)Nc1cc(C(F)(F)F)cc(C(F)(F)F)c1)C(C)O[Si](c1ccccc1)(c1ccccc1)C(C)(C)C)c1ccnc2ccc(OC)cc12. The third-order valence-corrected chi connectivity index (χ3v) is 18.5. The standard InChI is InChI=1S/C49H55F6N5O3SSi/c1-7-31-29-60-23-21-32(31)24-42(60)44(39-20-22-56-41-19-18-36(62-6)28-40(39)41)58-45(61)43(59-46(64)57-35-26-33(48(50,51)52)25-34(27-35)49(53,54)55)30(2)63-65(47(3,4)5,37-14-10-8-11-15-37)38-16-12-9-13-17-38/h8-20,22,25-28,30-32,42-44H,7,21,23-24,29H2,1-6H3,(H,58,61)(H2,57,59,64)/t30?,31-,32-,42-,43-,44-/m0/s1. The van der Waals surface area contributed by atoms with Gasteiger partial charge in [0.05, 0.1) is 35.9 Å². The zero-order valence-electron chi connectivity index (χ0n) is 37.2. The van der Waals surface area contributed by atoms with E-state index in [-0.39, 0.29) is 17.2 Å². The molecule has 346 valence electrons. The number of nitrogens with one attached hydrogen (secondary N) is 3. The van der Waals surface area contributed by atoms with Crippen molar-refractivity contribution >= 4 is 58.5 Å². The molecule has 3 aliphatic rings. The highest BCUT2D eigenvalue weighted by molar-refractivity contribution is 7.80. The molecule has 3 fully saturated rings. The number of methoxy groups -OCH3 is 1. The van der Waals surface area contributed by atoms with Crippen LogP contribution in [0.3, 0.4) is 0 Å². The highest BCUT2D eigenvalue weighted by Gasteiger charge is 2.53. The number of amides is 1. The number of hydrogen-bond acceptors (Lipinski definition) is 6. The lowest BCUT2D eigenvalue weighted by molar-refractivity contribution is -0.143. The third-order valence-electron chi connectivity index (χ3n) is 13.1. The van der Waals surface area contributed by atoms with Crippen molar-refractivity contribution in [2.24, 2.45) is 11.8 Å². The number of benzene rings is 4. The maximum atomic E-state index is 15.5. The fourth-order valence-electron chi connectivity index (χ4n) is 9.93. The van der Waals surface area contributed by atoms with Gasteiger partial charge in [0.15, 0.2) is 5.11 Å². The zero-order chi connectivity index (χ0) is 46.9. The Morgan fingerprint density at radius 3 is 2.02 bits per heavy atom. The van der Waals surface area contributed by atoms with Gasteiger partial charge in [-0.3, -0.25) is 14.7 Å². The van der Waals surface area contributed by atoms with Gasteiger partial charge in [-0.05, 0) is 114 Å². The van der Waals surface area contributed by atoms with Crippen molar-refractivity contribution in [2.75, 3.05) is 25.5 Å². The van der Waals surface area contributed by atoms with Gasteiger partial charge in [0.25, 0.3) is 8.32 Å². The third kappa shape index (κ3) is 10.2. The van der Waals surface area contributed by atoms with Crippen molar-refractivity contribution in [2.45, 2.75) is 95.5 Å². The molecule has 7 atom stereocenters. The molecule has 1 aromatic heterocycles. The number of thiocarbonyl (C=S) groups is 1. The first-order chi connectivity index (χ1) is 30.7. The van der Waals surface area contributed by atoms with Crippen LogP contribution in [0.15, 0.2) is 109 Å². The van der Waals surface area contributed by atoms with Crippen molar-refractivity contribution < 1.29 is 40.3 Å². The molecule has 16 heteroatoms. The van der Waals surface area contributed by atoms with Crippen LogP contribution in [0.5, 0.6) is 5.75 Å². The number of carbonyl (C=O) groups is 1. The van der Waals surface area contributed by atoms with Crippen LogP contribution in [0.25, 0.3) is 10.9 Å². The highest BCUT2D eigenvalue weighted by Crippen LogP contribution is 2.44. The van der Waals surface area contributed by atoms with Crippen LogP contribution < -0.4 is 31.1 Å². The van der Waals surface area contributed by atoms with Gasteiger partial charge in [0.2, 0.25) is 5.91 Å². The lowest BCUT2D eigenvalue weighted by Crippen LogP contribution is -2.69. The Labute approximate surface area is 382 Å². The molecule has 65 heavy (non-hydrogen) atoms. The lowest BCUT2D eigenvalue weighted by atomic mass is 9.72. The molecule has 3 saturated heterocycles. The van der Waals surface area contributed by atoms with Crippen molar-refractivity contribution in [3.05, 3.63) is 126 Å². The largest absolute Gasteiger partial charge is 0.497 e. The Balaban J connectivity index is 1.33. The molecule has 0 spiro atoms.